The highest BCUT2D eigenvalue weighted by molar-refractivity contribution is 4.88. The molecule has 1 saturated heterocycles. The maximum atomic E-state index is 9.05. The Morgan fingerprint density at radius 3 is 3.12 bits per heavy atom. The first kappa shape index (κ1) is 11.5. The van der Waals surface area contributed by atoms with E-state index in [1.807, 2.05) is 0 Å². The Morgan fingerprint density at radius 1 is 1.56 bits per heavy atom. The monoisotopic (exact) mass is 225 g/mol. The van der Waals surface area contributed by atoms with Gasteiger partial charge < -0.3 is 9.63 Å². The molecule has 0 aromatic carbocycles. The first-order valence-corrected chi connectivity index (χ1v) is 5.96. The molecule has 90 valence electrons. The van der Waals surface area contributed by atoms with Crippen LogP contribution >= 0.6 is 0 Å². The number of aliphatic hydroxyl groups excluding tert-OH is 1. The van der Waals surface area contributed by atoms with Crippen LogP contribution in [0.5, 0.6) is 0 Å². The van der Waals surface area contributed by atoms with Gasteiger partial charge in [-0.15, -0.1) is 0 Å². The normalized spacial score (nSPS) is 21.8. The Balaban J connectivity index is 1.84. The van der Waals surface area contributed by atoms with E-state index < -0.39 is 0 Å². The van der Waals surface area contributed by atoms with E-state index in [1.54, 1.807) is 0 Å². The number of hydrogen-bond acceptors (Lipinski definition) is 5. The summed E-state index contributed by atoms with van der Waals surface area (Å²) in [5, 5.41) is 13.0. The minimum atomic E-state index is 0.282. The highest BCUT2D eigenvalue weighted by Gasteiger charge is 2.22. The van der Waals surface area contributed by atoms with Gasteiger partial charge >= 0.3 is 0 Å². The fourth-order valence-electron chi connectivity index (χ4n) is 2.08. The smallest absolute Gasteiger partial charge is 0.226 e. The molecule has 0 bridgehead atoms. The lowest BCUT2D eigenvalue weighted by atomic mass is 10.1. The molecule has 0 saturated carbocycles. The third-order valence-corrected chi connectivity index (χ3v) is 2.97. The second kappa shape index (κ2) is 5.41. The zero-order valence-corrected chi connectivity index (χ0v) is 9.72. The van der Waals surface area contributed by atoms with E-state index in [4.69, 9.17) is 9.63 Å². The quantitative estimate of drug-likeness (QED) is 0.804. The predicted molar refractivity (Wildman–Crippen MR) is 58.8 cm³/mol. The number of nitrogens with zero attached hydrogens (tertiary/aromatic N) is 3. The number of aliphatic hydroxyl groups is 1. The summed E-state index contributed by atoms with van der Waals surface area (Å²) < 4.78 is 5.13. The third kappa shape index (κ3) is 2.80. The molecule has 1 atom stereocenters. The van der Waals surface area contributed by atoms with Crippen LogP contribution in [0.1, 0.15) is 31.5 Å². The molecule has 2 rings (SSSR count). The summed E-state index contributed by atoms with van der Waals surface area (Å²) in [4.78, 5) is 6.60. The molecule has 1 aromatic rings. The molecule has 0 spiro atoms. The first-order chi connectivity index (χ1) is 7.81. The Morgan fingerprint density at radius 2 is 2.44 bits per heavy atom. The van der Waals surface area contributed by atoms with Crippen LogP contribution in [-0.2, 0) is 13.0 Å². The zero-order valence-electron chi connectivity index (χ0n) is 9.72. The molecule has 0 amide bonds. The van der Waals surface area contributed by atoms with E-state index in [1.165, 1.54) is 0 Å². The molecule has 2 heterocycles. The van der Waals surface area contributed by atoms with E-state index in [9.17, 15) is 0 Å². The maximum Gasteiger partial charge on any atom is 0.226 e. The summed E-state index contributed by atoms with van der Waals surface area (Å²) in [7, 11) is 0. The Hall–Kier alpha value is -0.940. The standard InChI is InChI=1S/C11H19N3O2/c1-2-3-11-12-10(13-16-11)7-14-5-4-9(6-14)8-15/h9,15H,2-8H2,1H3. The summed E-state index contributed by atoms with van der Waals surface area (Å²) in [6.07, 6.45) is 2.94. The molecular weight excluding hydrogens is 206 g/mol. The second-order valence-electron chi connectivity index (χ2n) is 4.43. The van der Waals surface area contributed by atoms with E-state index >= 15 is 0 Å². The molecule has 1 aromatic heterocycles. The molecule has 5 heteroatoms. The van der Waals surface area contributed by atoms with Gasteiger partial charge in [-0.1, -0.05) is 12.1 Å². The average molecular weight is 225 g/mol. The van der Waals surface area contributed by atoms with Crippen molar-refractivity contribution in [3.05, 3.63) is 11.7 Å². The van der Waals surface area contributed by atoms with Crippen LogP contribution < -0.4 is 0 Å². The van der Waals surface area contributed by atoms with E-state index in [2.05, 4.69) is 22.0 Å². The van der Waals surface area contributed by atoms with Crippen molar-refractivity contribution in [2.75, 3.05) is 19.7 Å². The van der Waals surface area contributed by atoms with Gasteiger partial charge in [0.1, 0.15) is 0 Å². The summed E-state index contributed by atoms with van der Waals surface area (Å²) >= 11 is 0. The van der Waals surface area contributed by atoms with Gasteiger partial charge in [-0.05, 0) is 25.3 Å². The summed E-state index contributed by atoms with van der Waals surface area (Å²) in [6.45, 7) is 5.07. The molecule has 1 aliphatic rings. The van der Waals surface area contributed by atoms with E-state index in [-0.39, 0.29) is 6.61 Å². The van der Waals surface area contributed by atoms with Gasteiger partial charge in [-0.2, -0.15) is 4.98 Å². The van der Waals surface area contributed by atoms with E-state index in [0.717, 1.165) is 50.6 Å². The Labute approximate surface area is 95.4 Å². The molecular formula is C11H19N3O2. The van der Waals surface area contributed by atoms with Gasteiger partial charge in [0.05, 0.1) is 6.54 Å². The van der Waals surface area contributed by atoms with Gasteiger partial charge in [-0.25, -0.2) is 0 Å². The lowest BCUT2D eigenvalue weighted by Crippen LogP contribution is -2.21. The number of rotatable bonds is 5. The Kier molecular flexibility index (Phi) is 3.90. The third-order valence-electron chi connectivity index (χ3n) is 2.97. The van der Waals surface area contributed by atoms with Crippen molar-refractivity contribution >= 4 is 0 Å². The van der Waals surface area contributed by atoms with Crippen molar-refractivity contribution < 1.29 is 9.63 Å². The number of likely N-dealkylation sites (tertiary alicyclic amines) is 1. The van der Waals surface area contributed by atoms with Crippen LogP contribution in [0.15, 0.2) is 4.52 Å². The SMILES string of the molecule is CCCc1nc(CN2CCC(CO)C2)no1. The second-order valence-corrected chi connectivity index (χ2v) is 4.43. The van der Waals surface area contributed by atoms with Crippen molar-refractivity contribution in [1.82, 2.24) is 15.0 Å². The van der Waals surface area contributed by atoms with Gasteiger partial charge in [0.2, 0.25) is 5.89 Å². The molecule has 0 aliphatic carbocycles. The van der Waals surface area contributed by atoms with Crippen molar-refractivity contribution in [2.45, 2.75) is 32.7 Å². The van der Waals surface area contributed by atoms with Crippen LogP contribution in [0.25, 0.3) is 0 Å². The summed E-state index contributed by atoms with van der Waals surface area (Å²) in [6, 6.07) is 0. The highest BCUT2D eigenvalue weighted by Crippen LogP contribution is 2.17. The van der Waals surface area contributed by atoms with Crippen molar-refractivity contribution in [2.24, 2.45) is 5.92 Å². The molecule has 1 aliphatic heterocycles. The Bertz CT molecular complexity index is 327. The minimum Gasteiger partial charge on any atom is -0.396 e. The molecule has 0 radical (unpaired) electrons. The fourth-order valence-corrected chi connectivity index (χ4v) is 2.08. The van der Waals surface area contributed by atoms with Gasteiger partial charge in [0.25, 0.3) is 0 Å². The summed E-state index contributed by atoms with van der Waals surface area (Å²) in [5.74, 6) is 1.92. The lowest BCUT2D eigenvalue weighted by molar-refractivity contribution is 0.218. The molecule has 5 nitrogen and oxygen atoms in total. The highest BCUT2D eigenvalue weighted by atomic mass is 16.5. The first-order valence-electron chi connectivity index (χ1n) is 5.96. The van der Waals surface area contributed by atoms with Crippen LogP contribution in [0, 0.1) is 5.92 Å². The molecule has 1 fully saturated rings. The van der Waals surface area contributed by atoms with Crippen molar-refractivity contribution in [3.8, 4) is 0 Å². The number of aromatic nitrogens is 2. The summed E-state index contributed by atoms with van der Waals surface area (Å²) in [5.41, 5.74) is 0. The average Bonchev–Trinajstić information content (AvgIpc) is 2.89. The van der Waals surface area contributed by atoms with Crippen LogP contribution in [0.2, 0.25) is 0 Å². The minimum absolute atomic E-state index is 0.282. The van der Waals surface area contributed by atoms with Gasteiger partial charge in [0, 0.05) is 19.6 Å². The zero-order chi connectivity index (χ0) is 11.4. The van der Waals surface area contributed by atoms with Crippen molar-refractivity contribution in [3.63, 3.8) is 0 Å². The van der Waals surface area contributed by atoms with Gasteiger partial charge in [-0.3, -0.25) is 4.90 Å². The lowest BCUT2D eigenvalue weighted by Gasteiger charge is -2.12. The van der Waals surface area contributed by atoms with Crippen LogP contribution in [-0.4, -0.2) is 39.8 Å². The molecule has 1 N–H and O–H groups in total. The number of hydrogen-bond donors (Lipinski definition) is 1. The van der Waals surface area contributed by atoms with Crippen LogP contribution in [0.4, 0.5) is 0 Å². The number of aryl methyl sites for hydroxylation is 1. The van der Waals surface area contributed by atoms with E-state index in [0.29, 0.717) is 5.92 Å². The maximum absolute atomic E-state index is 9.05. The van der Waals surface area contributed by atoms with Crippen molar-refractivity contribution in [1.29, 1.82) is 0 Å². The van der Waals surface area contributed by atoms with Crippen LogP contribution in [0.3, 0.4) is 0 Å². The fraction of sp³-hybridized carbons (Fsp3) is 0.818. The topological polar surface area (TPSA) is 62.4 Å². The largest absolute Gasteiger partial charge is 0.396 e. The molecule has 16 heavy (non-hydrogen) atoms. The van der Waals surface area contributed by atoms with Gasteiger partial charge in [0.15, 0.2) is 5.82 Å². The predicted octanol–water partition coefficient (Wildman–Crippen LogP) is 0.836. The molecule has 1 unspecified atom stereocenters.